The van der Waals surface area contributed by atoms with Gasteiger partial charge in [-0.2, -0.15) is 0 Å². The number of carbonyl (C=O) groups excluding carboxylic acids is 1. The Labute approximate surface area is 114 Å². The van der Waals surface area contributed by atoms with Crippen LogP contribution in [0, 0.1) is 0 Å². The number of hydrogen-bond donors (Lipinski definition) is 2. The Balaban J connectivity index is 1.79. The summed E-state index contributed by atoms with van der Waals surface area (Å²) in [5.74, 6) is 0.0743. The first-order valence-electron chi connectivity index (χ1n) is 7.02. The fraction of sp³-hybridized carbons (Fsp3) is 0.923. The number of hydrogen-bond acceptors (Lipinski definition) is 5. The molecule has 0 spiro atoms. The van der Waals surface area contributed by atoms with E-state index in [1.54, 1.807) is 7.11 Å². The molecule has 0 aromatic rings. The second-order valence-electron chi connectivity index (χ2n) is 5.37. The van der Waals surface area contributed by atoms with Crippen molar-refractivity contribution < 1.29 is 14.3 Å². The normalized spacial score (nSPS) is 30.2. The van der Waals surface area contributed by atoms with Gasteiger partial charge in [-0.3, -0.25) is 9.69 Å². The van der Waals surface area contributed by atoms with Crippen molar-refractivity contribution in [3.63, 3.8) is 0 Å². The first-order valence-corrected chi connectivity index (χ1v) is 7.02. The molecule has 0 aliphatic carbocycles. The molecule has 2 atom stereocenters. The van der Waals surface area contributed by atoms with Crippen molar-refractivity contribution in [2.45, 2.75) is 25.0 Å². The highest BCUT2D eigenvalue weighted by Crippen LogP contribution is 2.21. The van der Waals surface area contributed by atoms with Crippen LogP contribution in [0.25, 0.3) is 0 Å². The number of rotatable bonds is 5. The van der Waals surface area contributed by atoms with Gasteiger partial charge < -0.3 is 20.1 Å². The maximum atomic E-state index is 12.2. The first-order chi connectivity index (χ1) is 9.17. The van der Waals surface area contributed by atoms with E-state index in [2.05, 4.69) is 15.5 Å². The summed E-state index contributed by atoms with van der Waals surface area (Å²) in [6.45, 7) is 7.51. The third kappa shape index (κ3) is 3.66. The molecular weight excluding hydrogens is 246 g/mol. The van der Waals surface area contributed by atoms with Crippen molar-refractivity contribution in [3.8, 4) is 0 Å². The van der Waals surface area contributed by atoms with Crippen LogP contribution in [0.2, 0.25) is 0 Å². The van der Waals surface area contributed by atoms with E-state index >= 15 is 0 Å². The van der Waals surface area contributed by atoms with Crippen LogP contribution < -0.4 is 10.6 Å². The molecule has 0 bridgehead atoms. The second kappa shape index (κ2) is 6.65. The predicted octanol–water partition coefficient (Wildman–Crippen LogP) is -0.798. The van der Waals surface area contributed by atoms with Gasteiger partial charge in [-0.1, -0.05) is 0 Å². The fourth-order valence-electron chi connectivity index (χ4n) is 2.59. The molecule has 2 rings (SSSR count). The van der Waals surface area contributed by atoms with Crippen molar-refractivity contribution >= 4 is 5.91 Å². The summed E-state index contributed by atoms with van der Waals surface area (Å²) in [5.41, 5.74) is -0.334. The maximum absolute atomic E-state index is 12.2. The Bertz CT molecular complexity index is 300. The van der Waals surface area contributed by atoms with E-state index in [-0.39, 0.29) is 17.6 Å². The number of amides is 1. The van der Waals surface area contributed by atoms with Crippen LogP contribution in [-0.2, 0) is 14.3 Å². The molecule has 6 heteroatoms. The predicted molar refractivity (Wildman–Crippen MR) is 72.1 cm³/mol. The zero-order valence-corrected chi connectivity index (χ0v) is 11.9. The van der Waals surface area contributed by atoms with Gasteiger partial charge >= 0.3 is 0 Å². The van der Waals surface area contributed by atoms with Gasteiger partial charge in [0.25, 0.3) is 0 Å². The van der Waals surface area contributed by atoms with Gasteiger partial charge in [0, 0.05) is 52.9 Å². The SMILES string of the molecule is COC1(CNC(=O)C(C)N2CCNCC2)CCOC1. The second-order valence-corrected chi connectivity index (χ2v) is 5.37. The molecule has 19 heavy (non-hydrogen) atoms. The molecule has 0 saturated carbocycles. The number of ether oxygens (including phenoxy) is 2. The minimum atomic E-state index is -0.334. The standard InChI is InChI=1S/C13H25N3O3/c1-11(16-6-4-14-5-7-16)12(17)15-9-13(18-2)3-8-19-10-13/h11,14H,3-10H2,1-2H3,(H,15,17). The van der Waals surface area contributed by atoms with Gasteiger partial charge in [0.1, 0.15) is 5.60 Å². The molecule has 2 N–H and O–H groups in total. The van der Waals surface area contributed by atoms with Gasteiger partial charge in [0.15, 0.2) is 0 Å². The average molecular weight is 271 g/mol. The molecule has 0 radical (unpaired) electrons. The number of methoxy groups -OCH3 is 1. The van der Waals surface area contributed by atoms with Crippen LogP contribution in [0.3, 0.4) is 0 Å². The molecule has 2 aliphatic rings. The van der Waals surface area contributed by atoms with Crippen LogP contribution in [0.15, 0.2) is 0 Å². The van der Waals surface area contributed by atoms with Gasteiger partial charge in [0.05, 0.1) is 12.6 Å². The zero-order valence-electron chi connectivity index (χ0n) is 11.9. The Morgan fingerprint density at radius 2 is 2.26 bits per heavy atom. The first kappa shape index (κ1) is 14.7. The van der Waals surface area contributed by atoms with Crippen molar-refractivity contribution in [1.29, 1.82) is 0 Å². The lowest BCUT2D eigenvalue weighted by Gasteiger charge is -2.33. The molecule has 2 unspecified atom stereocenters. The fourth-order valence-corrected chi connectivity index (χ4v) is 2.59. The molecule has 2 saturated heterocycles. The molecule has 1 amide bonds. The molecule has 6 nitrogen and oxygen atoms in total. The lowest BCUT2D eigenvalue weighted by atomic mass is 10.0. The van der Waals surface area contributed by atoms with Crippen LogP contribution >= 0.6 is 0 Å². The summed E-state index contributed by atoms with van der Waals surface area (Å²) in [4.78, 5) is 14.4. The molecule has 0 aromatic carbocycles. The minimum Gasteiger partial charge on any atom is -0.378 e. The number of piperazine rings is 1. The molecule has 2 heterocycles. The van der Waals surface area contributed by atoms with Crippen LogP contribution in [-0.4, -0.2) is 75.5 Å². The molecule has 0 aromatic heterocycles. The minimum absolute atomic E-state index is 0.0743. The molecule has 2 aliphatic heterocycles. The number of carbonyl (C=O) groups is 1. The Kier molecular flexibility index (Phi) is 5.15. The van der Waals surface area contributed by atoms with E-state index in [0.29, 0.717) is 19.8 Å². The Morgan fingerprint density at radius 1 is 1.53 bits per heavy atom. The van der Waals surface area contributed by atoms with E-state index in [9.17, 15) is 4.79 Å². The lowest BCUT2D eigenvalue weighted by Crippen LogP contribution is -2.54. The van der Waals surface area contributed by atoms with Crippen LogP contribution in [0.4, 0.5) is 0 Å². The van der Waals surface area contributed by atoms with Crippen LogP contribution in [0.1, 0.15) is 13.3 Å². The topological polar surface area (TPSA) is 62.8 Å². The molecular formula is C13H25N3O3. The average Bonchev–Trinajstić information content (AvgIpc) is 2.94. The third-order valence-corrected chi connectivity index (χ3v) is 4.16. The summed E-state index contributed by atoms with van der Waals surface area (Å²) < 4.78 is 10.9. The zero-order chi connectivity index (χ0) is 13.7. The monoisotopic (exact) mass is 271 g/mol. The molecule has 2 fully saturated rings. The Hall–Kier alpha value is -0.690. The van der Waals surface area contributed by atoms with E-state index in [4.69, 9.17) is 9.47 Å². The number of nitrogens with zero attached hydrogens (tertiary/aromatic N) is 1. The summed E-state index contributed by atoms with van der Waals surface area (Å²) in [7, 11) is 1.68. The highest BCUT2D eigenvalue weighted by molar-refractivity contribution is 5.81. The van der Waals surface area contributed by atoms with Crippen LogP contribution in [0.5, 0.6) is 0 Å². The van der Waals surface area contributed by atoms with Gasteiger partial charge in [-0.25, -0.2) is 0 Å². The largest absolute Gasteiger partial charge is 0.378 e. The van der Waals surface area contributed by atoms with E-state index in [0.717, 1.165) is 32.6 Å². The number of nitrogens with one attached hydrogen (secondary N) is 2. The summed E-state index contributed by atoms with van der Waals surface area (Å²) in [6, 6.07) is -0.0849. The maximum Gasteiger partial charge on any atom is 0.237 e. The van der Waals surface area contributed by atoms with E-state index in [1.807, 2.05) is 6.92 Å². The summed E-state index contributed by atoms with van der Waals surface area (Å²) >= 11 is 0. The molecule has 110 valence electrons. The highest BCUT2D eigenvalue weighted by Gasteiger charge is 2.36. The van der Waals surface area contributed by atoms with Gasteiger partial charge in [-0.05, 0) is 6.92 Å². The van der Waals surface area contributed by atoms with E-state index < -0.39 is 0 Å². The summed E-state index contributed by atoms with van der Waals surface area (Å²) in [6.07, 6.45) is 0.839. The summed E-state index contributed by atoms with van der Waals surface area (Å²) in [5, 5.41) is 6.30. The smallest absolute Gasteiger partial charge is 0.237 e. The van der Waals surface area contributed by atoms with Crippen molar-refractivity contribution in [3.05, 3.63) is 0 Å². The highest BCUT2D eigenvalue weighted by atomic mass is 16.5. The third-order valence-electron chi connectivity index (χ3n) is 4.16. The van der Waals surface area contributed by atoms with Crippen molar-refractivity contribution in [1.82, 2.24) is 15.5 Å². The van der Waals surface area contributed by atoms with Crippen molar-refractivity contribution in [2.24, 2.45) is 0 Å². The Morgan fingerprint density at radius 3 is 2.84 bits per heavy atom. The lowest BCUT2D eigenvalue weighted by molar-refractivity contribution is -0.127. The quantitative estimate of drug-likeness (QED) is 0.685. The van der Waals surface area contributed by atoms with E-state index in [1.165, 1.54) is 0 Å². The van der Waals surface area contributed by atoms with Crippen molar-refractivity contribution in [2.75, 3.05) is 53.0 Å². The van der Waals surface area contributed by atoms with Gasteiger partial charge in [-0.15, -0.1) is 0 Å². The van der Waals surface area contributed by atoms with Gasteiger partial charge in [0.2, 0.25) is 5.91 Å².